The Morgan fingerprint density at radius 3 is 2.07 bits per heavy atom. The molecule has 2 N–H and O–H groups in total. The smallest absolute Gasteiger partial charge is 0.374 e. The second kappa shape index (κ2) is 8.97. The number of Topliss-reactive ketones (excluding diaryl/α,β-unsaturated/α-hetero) is 1. The molecule has 0 aliphatic heterocycles. The number of nitrogens with two attached hydrogens (primary N) is 1. The molecule has 1 unspecified atom stereocenters. The number of primary amides is 1. The SMILES string of the molecule is COC(=O)C(=O)C(Cc1ccccc1)c1cccc(C(N)=O)c1-c1ccccc1. The lowest BCUT2D eigenvalue weighted by Gasteiger charge is -2.21. The highest BCUT2D eigenvalue weighted by atomic mass is 16.5. The summed E-state index contributed by atoms with van der Waals surface area (Å²) in [6, 6.07) is 23.7. The molecule has 0 saturated heterocycles. The minimum Gasteiger partial charge on any atom is -0.463 e. The maximum absolute atomic E-state index is 13.0. The van der Waals surface area contributed by atoms with Gasteiger partial charge in [-0.05, 0) is 34.7 Å². The zero-order valence-corrected chi connectivity index (χ0v) is 16.0. The number of benzene rings is 3. The highest BCUT2D eigenvalue weighted by Crippen LogP contribution is 2.35. The van der Waals surface area contributed by atoms with Gasteiger partial charge in [0.15, 0.2) is 0 Å². The summed E-state index contributed by atoms with van der Waals surface area (Å²) in [7, 11) is 1.18. The van der Waals surface area contributed by atoms with Gasteiger partial charge in [-0.3, -0.25) is 9.59 Å². The van der Waals surface area contributed by atoms with E-state index < -0.39 is 23.6 Å². The van der Waals surface area contributed by atoms with E-state index in [0.29, 0.717) is 16.7 Å². The molecule has 3 rings (SSSR count). The van der Waals surface area contributed by atoms with E-state index in [0.717, 1.165) is 11.1 Å². The lowest BCUT2D eigenvalue weighted by atomic mass is 9.82. The second-order valence-corrected chi connectivity index (χ2v) is 6.60. The summed E-state index contributed by atoms with van der Waals surface area (Å²) in [5, 5.41) is 0. The lowest BCUT2D eigenvalue weighted by Crippen LogP contribution is -2.26. The first-order valence-corrected chi connectivity index (χ1v) is 9.17. The first kappa shape index (κ1) is 20.0. The first-order chi connectivity index (χ1) is 14.0. The van der Waals surface area contributed by atoms with Crippen LogP contribution in [-0.2, 0) is 20.7 Å². The van der Waals surface area contributed by atoms with Crippen molar-refractivity contribution in [1.29, 1.82) is 0 Å². The molecule has 0 spiro atoms. The number of esters is 1. The molecule has 0 aromatic heterocycles. The molecule has 3 aromatic carbocycles. The largest absolute Gasteiger partial charge is 0.463 e. The summed E-state index contributed by atoms with van der Waals surface area (Å²) in [6.07, 6.45) is 0.289. The van der Waals surface area contributed by atoms with Crippen molar-refractivity contribution in [1.82, 2.24) is 0 Å². The second-order valence-electron chi connectivity index (χ2n) is 6.60. The van der Waals surface area contributed by atoms with E-state index in [4.69, 9.17) is 10.5 Å². The first-order valence-electron chi connectivity index (χ1n) is 9.17. The van der Waals surface area contributed by atoms with E-state index in [-0.39, 0.29) is 6.42 Å². The normalized spacial score (nSPS) is 11.5. The maximum Gasteiger partial charge on any atom is 0.374 e. The minimum absolute atomic E-state index is 0.289. The van der Waals surface area contributed by atoms with Gasteiger partial charge in [-0.1, -0.05) is 72.8 Å². The van der Waals surface area contributed by atoms with Crippen LogP contribution in [0.4, 0.5) is 0 Å². The molecule has 1 amide bonds. The van der Waals surface area contributed by atoms with E-state index in [1.54, 1.807) is 18.2 Å². The summed E-state index contributed by atoms with van der Waals surface area (Å²) in [5.74, 6) is -3.02. The molecule has 3 aromatic rings. The highest BCUT2D eigenvalue weighted by molar-refractivity contribution is 6.36. The van der Waals surface area contributed by atoms with Gasteiger partial charge in [0.25, 0.3) is 0 Å². The molecular formula is C24H21NO4. The number of methoxy groups -OCH3 is 1. The summed E-state index contributed by atoms with van der Waals surface area (Å²) in [6.45, 7) is 0. The Balaban J connectivity index is 2.22. The third-order valence-electron chi connectivity index (χ3n) is 4.79. The third kappa shape index (κ3) is 4.41. The fourth-order valence-corrected chi connectivity index (χ4v) is 3.43. The molecular weight excluding hydrogens is 366 g/mol. The van der Waals surface area contributed by atoms with Gasteiger partial charge in [-0.2, -0.15) is 0 Å². The molecule has 0 radical (unpaired) electrons. The molecule has 0 fully saturated rings. The number of rotatable bonds is 7. The van der Waals surface area contributed by atoms with Crippen molar-refractivity contribution in [3.05, 3.63) is 95.6 Å². The Labute approximate surface area is 169 Å². The third-order valence-corrected chi connectivity index (χ3v) is 4.79. The summed E-state index contributed by atoms with van der Waals surface area (Å²) >= 11 is 0. The molecule has 5 nitrogen and oxygen atoms in total. The molecule has 1 atom stereocenters. The molecule has 0 heterocycles. The highest BCUT2D eigenvalue weighted by Gasteiger charge is 2.31. The van der Waals surface area contributed by atoms with Gasteiger partial charge in [0.2, 0.25) is 11.7 Å². The standard InChI is InChI=1S/C24H21NO4/c1-29-24(28)22(26)20(15-16-9-4-2-5-10-16)18-13-8-14-19(23(25)27)21(18)17-11-6-3-7-12-17/h2-14,20H,15H2,1H3,(H2,25,27). The van der Waals surface area contributed by atoms with Gasteiger partial charge in [-0.15, -0.1) is 0 Å². The van der Waals surface area contributed by atoms with Crippen molar-refractivity contribution in [2.75, 3.05) is 7.11 Å². The minimum atomic E-state index is -0.922. The lowest BCUT2D eigenvalue weighted by molar-refractivity contribution is -0.152. The predicted molar refractivity (Wildman–Crippen MR) is 110 cm³/mol. The van der Waals surface area contributed by atoms with Crippen LogP contribution >= 0.6 is 0 Å². The average Bonchev–Trinajstić information content (AvgIpc) is 2.77. The molecule has 0 aliphatic carbocycles. The summed E-state index contributed by atoms with van der Waals surface area (Å²) in [5.41, 5.74) is 8.66. The van der Waals surface area contributed by atoms with Crippen molar-refractivity contribution in [3.63, 3.8) is 0 Å². The van der Waals surface area contributed by atoms with Crippen LogP contribution in [0.3, 0.4) is 0 Å². The predicted octanol–water partition coefficient (Wildman–Crippen LogP) is 3.52. The van der Waals surface area contributed by atoms with Crippen LogP contribution in [0, 0.1) is 0 Å². The molecule has 29 heavy (non-hydrogen) atoms. The molecule has 5 heteroatoms. The van der Waals surface area contributed by atoms with Gasteiger partial charge in [0.05, 0.1) is 13.0 Å². The van der Waals surface area contributed by atoms with Crippen molar-refractivity contribution in [3.8, 4) is 11.1 Å². The summed E-state index contributed by atoms with van der Waals surface area (Å²) < 4.78 is 4.70. The van der Waals surface area contributed by atoms with Crippen LogP contribution in [0.15, 0.2) is 78.9 Å². The fourth-order valence-electron chi connectivity index (χ4n) is 3.43. The van der Waals surface area contributed by atoms with Crippen molar-refractivity contribution >= 4 is 17.7 Å². The zero-order chi connectivity index (χ0) is 20.8. The Morgan fingerprint density at radius 2 is 1.48 bits per heavy atom. The number of hydrogen-bond donors (Lipinski definition) is 1. The van der Waals surface area contributed by atoms with Gasteiger partial charge in [0, 0.05) is 5.56 Å². The van der Waals surface area contributed by atoms with Gasteiger partial charge in [-0.25, -0.2) is 4.79 Å². The molecule has 146 valence electrons. The zero-order valence-electron chi connectivity index (χ0n) is 16.0. The number of carbonyl (C=O) groups excluding carboxylic acids is 3. The van der Waals surface area contributed by atoms with Crippen LogP contribution < -0.4 is 5.73 Å². The van der Waals surface area contributed by atoms with E-state index >= 15 is 0 Å². The van der Waals surface area contributed by atoms with E-state index in [1.165, 1.54) is 7.11 Å². The number of carbonyl (C=O) groups is 3. The van der Waals surface area contributed by atoms with E-state index in [2.05, 4.69) is 0 Å². The van der Waals surface area contributed by atoms with E-state index in [9.17, 15) is 14.4 Å². The fraction of sp³-hybridized carbons (Fsp3) is 0.125. The van der Waals surface area contributed by atoms with Gasteiger partial charge < -0.3 is 10.5 Å². The van der Waals surface area contributed by atoms with Crippen LogP contribution in [0.2, 0.25) is 0 Å². The molecule has 0 aliphatic rings. The quantitative estimate of drug-likeness (QED) is 0.496. The van der Waals surface area contributed by atoms with Crippen LogP contribution in [0.1, 0.15) is 27.4 Å². The van der Waals surface area contributed by atoms with E-state index in [1.807, 2.05) is 60.7 Å². The van der Waals surface area contributed by atoms with Crippen molar-refractivity contribution in [2.24, 2.45) is 5.73 Å². The average molecular weight is 387 g/mol. The van der Waals surface area contributed by atoms with Gasteiger partial charge in [0.1, 0.15) is 0 Å². The number of hydrogen-bond acceptors (Lipinski definition) is 4. The number of ketones is 1. The van der Waals surface area contributed by atoms with Crippen molar-refractivity contribution in [2.45, 2.75) is 12.3 Å². The Hall–Kier alpha value is -3.73. The molecule has 0 saturated carbocycles. The van der Waals surface area contributed by atoms with Gasteiger partial charge >= 0.3 is 5.97 Å². The van der Waals surface area contributed by atoms with Crippen LogP contribution in [0.5, 0.6) is 0 Å². The topological polar surface area (TPSA) is 86.5 Å². The number of ether oxygens (including phenoxy) is 1. The van der Waals surface area contributed by atoms with Crippen molar-refractivity contribution < 1.29 is 19.1 Å². The van der Waals surface area contributed by atoms with Crippen LogP contribution in [-0.4, -0.2) is 24.8 Å². The molecule has 0 bridgehead atoms. The summed E-state index contributed by atoms with van der Waals surface area (Å²) in [4.78, 5) is 37.2. The monoisotopic (exact) mass is 387 g/mol. The Kier molecular flexibility index (Phi) is 6.19. The van der Waals surface area contributed by atoms with Crippen LogP contribution in [0.25, 0.3) is 11.1 Å². The Bertz CT molecular complexity index is 1030. The number of amides is 1. The Morgan fingerprint density at radius 1 is 0.862 bits per heavy atom. The maximum atomic E-state index is 13.0.